The molecule has 0 saturated heterocycles. The number of halogens is 1. The normalized spacial score (nSPS) is 11.5. The van der Waals surface area contributed by atoms with Gasteiger partial charge in [0.25, 0.3) is 0 Å². The Kier molecular flexibility index (Phi) is 6.72. The monoisotopic (exact) mass is 482 g/mol. The quantitative estimate of drug-likeness (QED) is 0.398. The third-order valence-electron chi connectivity index (χ3n) is 5.34. The van der Waals surface area contributed by atoms with E-state index in [1.165, 1.54) is 0 Å². The number of benzene rings is 3. The van der Waals surface area contributed by atoms with E-state index in [9.17, 15) is 13.2 Å². The van der Waals surface area contributed by atoms with Crippen LogP contribution in [0, 0.1) is 0 Å². The number of fused-ring (bicyclic) bond motifs is 1. The molecule has 0 aliphatic carbocycles. The number of carbonyl (C=O) groups is 1. The van der Waals surface area contributed by atoms with Crippen molar-refractivity contribution in [1.82, 2.24) is 9.88 Å². The van der Waals surface area contributed by atoms with Crippen molar-refractivity contribution in [1.29, 1.82) is 0 Å². The van der Waals surface area contributed by atoms with Gasteiger partial charge in [0, 0.05) is 34.2 Å². The molecule has 0 bridgehead atoms. The van der Waals surface area contributed by atoms with E-state index < -0.39 is 9.84 Å². The molecule has 8 heteroatoms. The van der Waals surface area contributed by atoms with Gasteiger partial charge in [0.15, 0.2) is 9.84 Å². The summed E-state index contributed by atoms with van der Waals surface area (Å²) in [7, 11) is -2.06. The number of ether oxygens (including phenoxy) is 1. The van der Waals surface area contributed by atoms with Gasteiger partial charge in [0.05, 0.1) is 17.8 Å². The highest BCUT2D eigenvalue weighted by Gasteiger charge is 2.22. The molecule has 0 aliphatic heterocycles. The molecule has 170 valence electrons. The molecule has 0 unspecified atom stereocenters. The zero-order chi connectivity index (χ0) is 23.4. The molecule has 1 N–H and O–H groups in total. The van der Waals surface area contributed by atoms with E-state index in [0.29, 0.717) is 33.8 Å². The lowest BCUT2D eigenvalue weighted by Crippen LogP contribution is -2.27. The third kappa shape index (κ3) is 5.21. The van der Waals surface area contributed by atoms with Crippen molar-refractivity contribution in [3.63, 3.8) is 0 Å². The van der Waals surface area contributed by atoms with Crippen molar-refractivity contribution in [2.24, 2.45) is 0 Å². The van der Waals surface area contributed by atoms with Crippen LogP contribution in [0.15, 0.2) is 83.9 Å². The van der Waals surface area contributed by atoms with Crippen LogP contribution >= 0.6 is 11.6 Å². The number of nitrogens with one attached hydrogen (secondary N) is 1. The van der Waals surface area contributed by atoms with E-state index in [4.69, 9.17) is 16.3 Å². The largest absolute Gasteiger partial charge is 0.496 e. The van der Waals surface area contributed by atoms with Gasteiger partial charge in [-0.3, -0.25) is 4.79 Å². The van der Waals surface area contributed by atoms with Crippen LogP contribution in [0.4, 0.5) is 0 Å². The van der Waals surface area contributed by atoms with Crippen molar-refractivity contribution >= 4 is 38.2 Å². The van der Waals surface area contributed by atoms with Gasteiger partial charge in [-0.05, 0) is 29.8 Å². The minimum Gasteiger partial charge on any atom is -0.496 e. The van der Waals surface area contributed by atoms with Gasteiger partial charge in [-0.15, -0.1) is 0 Å². The maximum atomic E-state index is 13.2. The summed E-state index contributed by atoms with van der Waals surface area (Å²) < 4.78 is 33.4. The van der Waals surface area contributed by atoms with Crippen molar-refractivity contribution < 1.29 is 17.9 Å². The zero-order valence-electron chi connectivity index (χ0n) is 18.0. The number of para-hydroxylation sites is 2. The number of sulfone groups is 1. The van der Waals surface area contributed by atoms with Gasteiger partial charge in [0.2, 0.25) is 5.91 Å². The highest BCUT2D eigenvalue weighted by molar-refractivity contribution is 7.90. The second-order valence-electron chi connectivity index (χ2n) is 7.61. The van der Waals surface area contributed by atoms with Gasteiger partial charge in [-0.2, -0.15) is 0 Å². The first kappa shape index (κ1) is 22.9. The first-order chi connectivity index (χ1) is 15.9. The van der Waals surface area contributed by atoms with Crippen molar-refractivity contribution in [2.45, 2.75) is 23.7 Å². The second kappa shape index (κ2) is 9.68. The van der Waals surface area contributed by atoms with E-state index >= 15 is 0 Å². The molecule has 0 radical (unpaired) electrons. The van der Waals surface area contributed by atoms with E-state index in [1.54, 1.807) is 54.3 Å². The number of rotatable bonds is 8. The van der Waals surface area contributed by atoms with Crippen molar-refractivity contribution in [3.8, 4) is 5.75 Å². The minimum absolute atomic E-state index is 0.00781. The Morgan fingerprint density at radius 2 is 1.70 bits per heavy atom. The Labute approximate surface area is 197 Å². The van der Waals surface area contributed by atoms with Gasteiger partial charge >= 0.3 is 0 Å². The lowest BCUT2D eigenvalue weighted by Gasteiger charge is -2.10. The van der Waals surface area contributed by atoms with Crippen LogP contribution in [0.25, 0.3) is 10.9 Å². The molecule has 0 spiro atoms. The zero-order valence-corrected chi connectivity index (χ0v) is 19.6. The highest BCUT2D eigenvalue weighted by Crippen LogP contribution is 2.28. The number of hydrogen-bond acceptors (Lipinski definition) is 4. The fourth-order valence-corrected chi connectivity index (χ4v) is 5.43. The SMILES string of the molecule is COc1ccccc1CNC(=O)Cn1cc(S(=O)(=O)Cc2ccc(Cl)cc2)c2ccccc21. The molecule has 33 heavy (non-hydrogen) atoms. The van der Waals surface area contributed by atoms with Crippen LogP contribution in [0.2, 0.25) is 5.02 Å². The van der Waals surface area contributed by atoms with E-state index in [0.717, 1.165) is 5.56 Å². The Morgan fingerprint density at radius 3 is 2.45 bits per heavy atom. The molecular weight excluding hydrogens is 460 g/mol. The topological polar surface area (TPSA) is 77.4 Å². The fraction of sp³-hybridized carbons (Fsp3) is 0.160. The van der Waals surface area contributed by atoms with E-state index in [-0.39, 0.29) is 23.1 Å². The maximum absolute atomic E-state index is 13.2. The molecular formula is C25H23ClN2O4S. The van der Waals surface area contributed by atoms with Gasteiger partial charge in [-0.25, -0.2) is 8.42 Å². The second-order valence-corrected chi connectivity index (χ2v) is 10.0. The lowest BCUT2D eigenvalue weighted by atomic mass is 10.2. The first-order valence-corrected chi connectivity index (χ1v) is 12.3. The van der Waals surface area contributed by atoms with Crippen molar-refractivity contribution in [3.05, 3.63) is 95.1 Å². The van der Waals surface area contributed by atoms with Gasteiger partial charge < -0.3 is 14.6 Å². The summed E-state index contributed by atoms with van der Waals surface area (Å²) in [6.07, 6.45) is 1.54. The summed E-state index contributed by atoms with van der Waals surface area (Å²) in [6.45, 7) is 0.301. The predicted octanol–water partition coefficient (Wildman–Crippen LogP) is 4.59. The Hall–Kier alpha value is -3.29. The predicted molar refractivity (Wildman–Crippen MR) is 129 cm³/mol. The molecule has 0 saturated carbocycles. The number of hydrogen-bond donors (Lipinski definition) is 1. The van der Waals surface area contributed by atoms with Crippen LogP contribution in [0.5, 0.6) is 5.75 Å². The number of amides is 1. The average molecular weight is 483 g/mol. The minimum atomic E-state index is -3.64. The summed E-state index contributed by atoms with van der Waals surface area (Å²) in [6, 6.07) is 21.4. The standard InChI is InChI=1S/C25H23ClN2O4S/c1-32-23-9-5-2-6-19(23)14-27-25(29)16-28-15-24(21-7-3-4-8-22(21)28)33(30,31)17-18-10-12-20(26)13-11-18/h2-13,15H,14,16-17H2,1H3,(H,27,29). The van der Waals surface area contributed by atoms with Crippen LogP contribution in [0.1, 0.15) is 11.1 Å². The van der Waals surface area contributed by atoms with Crippen LogP contribution in [-0.2, 0) is 33.5 Å². The van der Waals surface area contributed by atoms with Gasteiger partial charge in [0.1, 0.15) is 12.3 Å². The molecule has 6 nitrogen and oxygen atoms in total. The van der Waals surface area contributed by atoms with Crippen LogP contribution < -0.4 is 10.1 Å². The Bertz CT molecular complexity index is 1400. The third-order valence-corrected chi connectivity index (χ3v) is 7.30. The van der Waals surface area contributed by atoms with E-state index in [1.807, 2.05) is 36.4 Å². The molecule has 1 heterocycles. The Morgan fingerprint density at radius 1 is 1.00 bits per heavy atom. The van der Waals surface area contributed by atoms with Crippen LogP contribution in [-0.4, -0.2) is 26.0 Å². The molecule has 0 fully saturated rings. The fourth-order valence-electron chi connectivity index (χ4n) is 3.72. The molecule has 4 rings (SSSR count). The average Bonchev–Trinajstić information content (AvgIpc) is 3.18. The molecule has 1 aromatic heterocycles. The van der Waals surface area contributed by atoms with Crippen molar-refractivity contribution in [2.75, 3.05) is 7.11 Å². The lowest BCUT2D eigenvalue weighted by molar-refractivity contribution is -0.121. The van der Waals surface area contributed by atoms with Crippen LogP contribution in [0.3, 0.4) is 0 Å². The summed E-state index contributed by atoms with van der Waals surface area (Å²) >= 11 is 5.91. The Balaban J connectivity index is 1.56. The molecule has 4 aromatic rings. The first-order valence-electron chi connectivity index (χ1n) is 10.3. The maximum Gasteiger partial charge on any atom is 0.240 e. The summed E-state index contributed by atoms with van der Waals surface area (Å²) in [5, 5.41) is 4.01. The smallest absolute Gasteiger partial charge is 0.240 e. The number of methoxy groups -OCH3 is 1. The summed E-state index contributed by atoms with van der Waals surface area (Å²) in [4.78, 5) is 12.9. The highest BCUT2D eigenvalue weighted by atomic mass is 35.5. The molecule has 1 amide bonds. The molecule has 0 atom stereocenters. The summed E-state index contributed by atoms with van der Waals surface area (Å²) in [5.74, 6) is 0.307. The molecule has 3 aromatic carbocycles. The number of carbonyl (C=O) groups excluding carboxylic acids is 1. The number of aromatic nitrogens is 1. The van der Waals surface area contributed by atoms with E-state index in [2.05, 4.69) is 5.32 Å². The number of nitrogens with zero attached hydrogens (tertiary/aromatic N) is 1. The summed E-state index contributed by atoms with van der Waals surface area (Å²) in [5.41, 5.74) is 2.18. The van der Waals surface area contributed by atoms with Gasteiger partial charge in [-0.1, -0.05) is 60.1 Å². The molecule has 0 aliphatic rings.